The van der Waals surface area contributed by atoms with E-state index in [2.05, 4.69) is 31.1 Å². The molecule has 0 aliphatic rings. The van der Waals surface area contributed by atoms with E-state index in [1.165, 1.54) is 6.20 Å². The number of aromatic nitrogens is 5. The summed E-state index contributed by atoms with van der Waals surface area (Å²) in [6.45, 7) is 2.07. The van der Waals surface area contributed by atoms with Gasteiger partial charge < -0.3 is 15.7 Å². The summed E-state index contributed by atoms with van der Waals surface area (Å²) in [5, 5.41) is 28.2. The zero-order chi connectivity index (χ0) is 18.5. The van der Waals surface area contributed by atoms with Crippen LogP contribution in [-0.2, 0) is 6.54 Å². The SMILES string of the molecule is Cc1cc(C(=O)Nc2cccc(NC(=O)c3cn[nH]n3)c2)nn1CCO. The third-order valence-electron chi connectivity index (χ3n) is 3.55. The van der Waals surface area contributed by atoms with Crippen molar-refractivity contribution in [3.05, 3.63) is 53.6 Å². The number of aliphatic hydroxyl groups is 1. The van der Waals surface area contributed by atoms with Crippen molar-refractivity contribution < 1.29 is 14.7 Å². The molecule has 10 nitrogen and oxygen atoms in total. The largest absolute Gasteiger partial charge is 0.394 e. The molecule has 0 unspecified atom stereocenters. The first-order valence-corrected chi connectivity index (χ1v) is 7.80. The number of amides is 2. The minimum atomic E-state index is -0.416. The summed E-state index contributed by atoms with van der Waals surface area (Å²) in [4.78, 5) is 24.3. The minimum Gasteiger partial charge on any atom is -0.394 e. The Morgan fingerprint density at radius 3 is 2.46 bits per heavy atom. The Kier molecular flexibility index (Phi) is 5.04. The van der Waals surface area contributed by atoms with Crippen LogP contribution in [0.15, 0.2) is 36.5 Å². The van der Waals surface area contributed by atoms with Gasteiger partial charge in [0.2, 0.25) is 0 Å². The highest BCUT2D eigenvalue weighted by atomic mass is 16.3. The molecule has 2 aromatic heterocycles. The monoisotopic (exact) mass is 355 g/mol. The molecule has 26 heavy (non-hydrogen) atoms. The average Bonchev–Trinajstić information content (AvgIpc) is 3.26. The molecule has 0 radical (unpaired) electrons. The standard InChI is InChI=1S/C16H17N7O3/c1-10-7-13(21-23(10)5-6-24)15(25)18-11-3-2-4-12(8-11)19-16(26)14-9-17-22-20-14/h2-4,7-9,24H,5-6H2,1H3,(H,18,25)(H,19,26)(H,17,20,22). The normalized spacial score (nSPS) is 10.5. The number of aliphatic hydroxyl groups excluding tert-OH is 1. The number of carbonyl (C=O) groups excluding carboxylic acids is 2. The van der Waals surface area contributed by atoms with E-state index in [0.29, 0.717) is 17.9 Å². The number of benzene rings is 1. The lowest BCUT2D eigenvalue weighted by Crippen LogP contribution is -2.15. The van der Waals surface area contributed by atoms with Crippen molar-refractivity contribution in [1.29, 1.82) is 0 Å². The van der Waals surface area contributed by atoms with Crippen LogP contribution in [0, 0.1) is 6.92 Å². The Bertz CT molecular complexity index is 918. The number of rotatable bonds is 6. The zero-order valence-corrected chi connectivity index (χ0v) is 13.9. The fourth-order valence-corrected chi connectivity index (χ4v) is 2.32. The van der Waals surface area contributed by atoms with Gasteiger partial charge in [-0.3, -0.25) is 14.3 Å². The number of anilines is 2. The topological polar surface area (TPSA) is 138 Å². The number of nitrogens with zero attached hydrogens (tertiary/aromatic N) is 4. The molecule has 134 valence electrons. The number of hydrogen-bond acceptors (Lipinski definition) is 6. The number of nitrogens with one attached hydrogen (secondary N) is 3. The molecule has 0 aliphatic heterocycles. The fourth-order valence-electron chi connectivity index (χ4n) is 2.32. The van der Waals surface area contributed by atoms with Gasteiger partial charge in [0, 0.05) is 17.1 Å². The smallest absolute Gasteiger partial charge is 0.277 e. The lowest BCUT2D eigenvalue weighted by atomic mass is 10.2. The van der Waals surface area contributed by atoms with Crippen molar-refractivity contribution in [2.75, 3.05) is 17.2 Å². The minimum absolute atomic E-state index is 0.0587. The summed E-state index contributed by atoms with van der Waals surface area (Å²) in [6.07, 6.45) is 1.31. The number of aryl methyl sites for hydroxylation is 1. The fraction of sp³-hybridized carbons (Fsp3) is 0.188. The molecule has 4 N–H and O–H groups in total. The van der Waals surface area contributed by atoms with Crippen molar-refractivity contribution in [1.82, 2.24) is 25.2 Å². The molecule has 0 fully saturated rings. The maximum atomic E-state index is 12.3. The van der Waals surface area contributed by atoms with Gasteiger partial charge in [0.05, 0.1) is 19.3 Å². The first-order chi connectivity index (χ1) is 12.6. The quantitative estimate of drug-likeness (QED) is 0.516. The number of H-pyrrole nitrogens is 1. The van der Waals surface area contributed by atoms with Crippen molar-refractivity contribution >= 4 is 23.2 Å². The molecule has 0 saturated heterocycles. The molecule has 3 aromatic rings. The average molecular weight is 355 g/mol. The summed E-state index contributed by atoms with van der Waals surface area (Å²) < 4.78 is 1.56. The van der Waals surface area contributed by atoms with Crippen LogP contribution in [0.3, 0.4) is 0 Å². The second kappa shape index (κ2) is 7.57. The second-order valence-electron chi connectivity index (χ2n) is 5.46. The molecule has 0 aliphatic carbocycles. The van der Waals surface area contributed by atoms with E-state index in [9.17, 15) is 9.59 Å². The summed E-state index contributed by atoms with van der Waals surface area (Å²) >= 11 is 0. The Hall–Kier alpha value is -3.53. The lowest BCUT2D eigenvalue weighted by molar-refractivity contribution is 0.101. The van der Waals surface area contributed by atoms with E-state index in [0.717, 1.165) is 5.69 Å². The van der Waals surface area contributed by atoms with Gasteiger partial charge in [0.25, 0.3) is 11.8 Å². The first kappa shape index (κ1) is 17.3. The van der Waals surface area contributed by atoms with Crippen LogP contribution in [0.25, 0.3) is 0 Å². The lowest BCUT2D eigenvalue weighted by Gasteiger charge is -2.07. The Balaban J connectivity index is 1.69. The number of aromatic amines is 1. The summed E-state index contributed by atoms with van der Waals surface area (Å²) in [5.41, 5.74) is 2.18. The molecule has 10 heteroatoms. The Morgan fingerprint density at radius 1 is 1.15 bits per heavy atom. The van der Waals surface area contributed by atoms with Gasteiger partial charge in [-0.05, 0) is 31.2 Å². The highest BCUT2D eigenvalue weighted by molar-refractivity contribution is 6.05. The molecular weight excluding hydrogens is 338 g/mol. The highest BCUT2D eigenvalue weighted by Crippen LogP contribution is 2.17. The van der Waals surface area contributed by atoms with E-state index in [1.54, 1.807) is 41.9 Å². The maximum absolute atomic E-state index is 12.3. The van der Waals surface area contributed by atoms with Crippen LogP contribution in [0.2, 0.25) is 0 Å². The molecule has 0 bridgehead atoms. The van der Waals surface area contributed by atoms with Crippen LogP contribution in [0.5, 0.6) is 0 Å². The molecular formula is C16H17N7O3. The van der Waals surface area contributed by atoms with Crippen LogP contribution < -0.4 is 10.6 Å². The first-order valence-electron chi connectivity index (χ1n) is 7.80. The predicted octanol–water partition coefficient (Wildman–Crippen LogP) is 0.807. The summed E-state index contributed by atoms with van der Waals surface area (Å²) in [6, 6.07) is 8.34. The molecule has 3 rings (SSSR count). The molecule has 2 amide bonds. The number of carbonyl (C=O) groups is 2. The van der Waals surface area contributed by atoms with Gasteiger partial charge in [-0.15, -0.1) is 0 Å². The second-order valence-corrected chi connectivity index (χ2v) is 5.46. The van der Waals surface area contributed by atoms with E-state index in [-0.39, 0.29) is 23.9 Å². The van der Waals surface area contributed by atoms with Crippen molar-refractivity contribution in [2.45, 2.75) is 13.5 Å². The Morgan fingerprint density at radius 2 is 1.85 bits per heavy atom. The van der Waals surface area contributed by atoms with E-state index in [4.69, 9.17) is 5.11 Å². The van der Waals surface area contributed by atoms with Crippen LogP contribution >= 0.6 is 0 Å². The van der Waals surface area contributed by atoms with E-state index < -0.39 is 5.91 Å². The van der Waals surface area contributed by atoms with Crippen LogP contribution in [-0.4, -0.2) is 48.7 Å². The number of hydrogen-bond donors (Lipinski definition) is 4. The van der Waals surface area contributed by atoms with E-state index in [1.807, 2.05) is 0 Å². The predicted molar refractivity (Wildman–Crippen MR) is 92.8 cm³/mol. The van der Waals surface area contributed by atoms with E-state index >= 15 is 0 Å². The van der Waals surface area contributed by atoms with Gasteiger partial charge in [-0.2, -0.15) is 20.5 Å². The maximum Gasteiger partial charge on any atom is 0.277 e. The third kappa shape index (κ3) is 3.92. The summed E-state index contributed by atoms with van der Waals surface area (Å²) in [5.74, 6) is -0.801. The van der Waals surface area contributed by atoms with Gasteiger partial charge in [0.1, 0.15) is 0 Å². The van der Waals surface area contributed by atoms with Gasteiger partial charge in [0.15, 0.2) is 11.4 Å². The highest BCUT2D eigenvalue weighted by Gasteiger charge is 2.13. The van der Waals surface area contributed by atoms with Gasteiger partial charge >= 0.3 is 0 Å². The zero-order valence-electron chi connectivity index (χ0n) is 13.9. The molecule has 0 atom stereocenters. The molecule has 0 spiro atoms. The molecule has 2 heterocycles. The van der Waals surface area contributed by atoms with Crippen LogP contribution in [0.4, 0.5) is 11.4 Å². The van der Waals surface area contributed by atoms with Gasteiger partial charge in [-0.25, -0.2) is 0 Å². The Labute approximate surface area is 148 Å². The molecule has 1 aromatic carbocycles. The van der Waals surface area contributed by atoms with Crippen LogP contribution in [0.1, 0.15) is 26.7 Å². The van der Waals surface area contributed by atoms with Crippen molar-refractivity contribution in [3.8, 4) is 0 Å². The van der Waals surface area contributed by atoms with Gasteiger partial charge in [-0.1, -0.05) is 6.07 Å². The molecule has 0 saturated carbocycles. The van der Waals surface area contributed by atoms with Crippen molar-refractivity contribution in [2.24, 2.45) is 0 Å². The summed E-state index contributed by atoms with van der Waals surface area (Å²) in [7, 11) is 0. The van der Waals surface area contributed by atoms with Crippen molar-refractivity contribution in [3.63, 3.8) is 0 Å². The third-order valence-corrected chi connectivity index (χ3v) is 3.55.